The molecule has 0 spiro atoms. The van der Waals surface area contributed by atoms with Crippen molar-refractivity contribution in [3.05, 3.63) is 48.5 Å². The van der Waals surface area contributed by atoms with Gasteiger partial charge in [-0.25, -0.2) is 0 Å². The summed E-state index contributed by atoms with van der Waals surface area (Å²) in [6.07, 6.45) is 13.5. The van der Waals surface area contributed by atoms with Gasteiger partial charge < -0.3 is 16.0 Å². The summed E-state index contributed by atoms with van der Waals surface area (Å²) in [6, 6.07) is 18.7. The lowest BCUT2D eigenvalue weighted by Crippen LogP contribution is -2.22. The number of benzene rings is 2. The summed E-state index contributed by atoms with van der Waals surface area (Å²) < 4.78 is 0. The monoisotopic (exact) mass is 363 g/mol. The summed E-state index contributed by atoms with van der Waals surface area (Å²) in [4.78, 5) is 0. The molecular formula is C24H33N3. The van der Waals surface area contributed by atoms with E-state index in [0.717, 1.165) is 11.4 Å². The Kier molecular flexibility index (Phi) is 6.18. The van der Waals surface area contributed by atoms with Gasteiger partial charge in [-0.3, -0.25) is 0 Å². The van der Waals surface area contributed by atoms with Gasteiger partial charge in [0.2, 0.25) is 0 Å². The highest BCUT2D eigenvalue weighted by Crippen LogP contribution is 2.25. The Bertz CT molecular complexity index is 619. The van der Waals surface area contributed by atoms with Gasteiger partial charge in [0, 0.05) is 34.8 Å². The van der Waals surface area contributed by atoms with E-state index in [0.29, 0.717) is 12.1 Å². The average molecular weight is 364 g/mol. The Morgan fingerprint density at radius 3 is 1.15 bits per heavy atom. The molecule has 0 atom stereocenters. The smallest absolute Gasteiger partial charge is 0.0385 e. The molecule has 0 bridgehead atoms. The molecule has 3 heteroatoms. The van der Waals surface area contributed by atoms with Crippen molar-refractivity contribution in [2.24, 2.45) is 0 Å². The minimum Gasteiger partial charge on any atom is -0.382 e. The molecule has 0 unspecified atom stereocenters. The first-order valence-corrected chi connectivity index (χ1v) is 10.9. The van der Waals surface area contributed by atoms with Crippen molar-refractivity contribution < 1.29 is 0 Å². The number of hydrogen-bond donors (Lipinski definition) is 3. The molecular weight excluding hydrogens is 330 g/mol. The predicted octanol–water partition coefficient (Wildman–Crippen LogP) is 6.92. The quantitative estimate of drug-likeness (QED) is 0.521. The fourth-order valence-corrected chi connectivity index (χ4v) is 4.43. The molecule has 0 heterocycles. The Morgan fingerprint density at radius 2 is 0.778 bits per heavy atom. The largest absolute Gasteiger partial charge is 0.382 e. The molecule has 0 saturated heterocycles. The van der Waals surface area contributed by atoms with E-state index in [1.165, 1.54) is 75.6 Å². The molecule has 2 saturated carbocycles. The van der Waals surface area contributed by atoms with Gasteiger partial charge in [-0.2, -0.15) is 0 Å². The molecule has 0 amide bonds. The Labute approximate surface area is 164 Å². The second-order valence-corrected chi connectivity index (χ2v) is 8.24. The highest BCUT2D eigenvalue weighted by molar-refractivity contribution is 5.64. The fraction of sp³-hybridized carbons (Fsp3) is 0.500. The van der Waals surface area contributed by atoms with Crippen molar-refractivity contribution >= 4 is 22.7 Å². The minimum atomic E-state index is 0.654. The summed E-state index contributed by atoms with van der Waals surface area (Å²) in [6.45, 7) is 0. The van der Waals surface area contributed by atoms with Crippen LogP contribution in [0.25, 0.3) is 0 Å². The number of hydrogen-bond acceptors (Lipinski definition) is 3. The van der Waals surface area contributed by atoms with Gasteiger partial charge >= 0.3 is 0 Å². The summed E-state index contributed by atoms with van der Waals surface area (Å²) in [5, 5.41) is 10.9. The third kappa shape index (κ3) is 5.41. The van der Waals surface area contributed by atoms with Gasteiger partial charge in [-0.15, -0.1) is 0 Å². The van der Waals surface area contributed by atoms with Crippen LogP contribution in [-0.2, 0) is 0 Å². The van der Waals surface area contributed by atoms with Crippen LogP contribution in [0.3, 0.4) is 0 Å². The van der Waals surface area contributed by atoms with Crippen molar-refractivity contribution in [3.8, 4) is 0 Å². The van der Waals surface area contributed by atoms with Crippen molar-refractivity contribution in [1.29, 1.82) is 0 Å². The highest BCUT2D eigenvalue weighted by Gasteiger charge is 2.13. The summed E-state index contributed by atoms with van der Waals surface area (Å²) >= 11 is 0. The summed E-state index contributed by atoms with van der Waals surface area (Å²) in [5.41, 5.74) is 4.74. The maximum absolute atomic E-state index is 3.68. The fourth-order valence-electron chi connectivity index (χ4n) is 4.43. The van der Waals surface area contributed by atoms with Crippen molar-refractivity contribution in [2.45, 2.75) is 76.3 Å². The maximum atomic E-state index is 3.68. The molecule has 0 aromatic heterocycles. The van der Waals surface area contributed by atoms with E-state index in [1.54, 1.807) is 0 Å². The second-order valence-electron chi connectivity index (χ2n) is 8.24. The lowest BCUT2D eigenvalue weighted by Gasteiger charge is -2.24. The first kappa shape index (κ1) is 18.2. The van der Waals surface area contributed by atoms with E-state index >= 15 is 0 Å². The first-order valence-electron chi connectivity index (χ1n) is 10.9. The topological polar surface area (TPSA) is 36.1 Å². The maximum Gasteiger partial charge on any atom is 0.0385 e. The third-order valence-electron chi connectivity index (χ3n) is 6.01. The van der Waals surface area contributed by atoms with Crippen molar-refractivity contribution in [1.82, 2.24) is 0 Å². The van der Waals surface area contributed by atoms with E-state index in [9.17, 15) is 0 Å². The SMILES string of the molecule is c1cc(NC2CCCCC2)ccc1Nc1ccc(NC2CCCCC2)cc1. The van der Waals surface area contributed by atoms with Gasteiger partial charge in [0.1, 0.15) is 0 Å². The molecule has 27 heavy (non-hydrogen) atoms. The summed E-state index contributed by atoms with van der Waals surface area (Å²) in [5.74, 6) is 0. The number of rotatable bonds is 6. The number of nitrogens with one attached hydrogen (secondary N) is 3. The molecule has 2 aromatic rings. The molecule has 3 N–H and O–H groups in total. The Balaban J connectivity index is 1.29. The number of anilines is 4. The zero-order valence-electron chi connectivity index (χ0n) is 16.3. The molecule has 4 rings (SSSR count). The van der Waals surface area contributed by atoms with Crippen LogP contribution in [0.5, 0.6) is 0 Å². The van der Waals surface area contributed by atoms with Crippen LogP contribution in [0.15, 0.2) is 48.5 Å². The van der Waals surface area contributed by atoms with Gasteiger partial charge in [0.15, 0.2) is 0 Å². The summed E-state index contributed by atoms with van der Waals surface area (Å²) in [7, 11) is 0. The van der Waals surface area contributed by atoms with Gasteiger partial charge in [0.25, 0.3) is 0 Å². The lowest BCUT2D eigenvalue weighted by atomic mass is 9.95. The normalized spacial score (nSPS) is 18.8. The van der Waals surface area contributed by atoms with E-state index in [-0.39, 0.29) is 0 Å². The minimum absolute atomic E-state index is 0.654. The molecule has 3 nitrogen and oxygen atoms in total. The van der Waals surface area contributed by atoms with Crippen molar-refractivity contribution in [2.75, 3.05) is 16.0 Å². The van der Waals surface area contributed by atoms with E-state index in [2.05, 4.69) is 64.5 Å². The van der Waals surface area contributed by atoms with E-state index < -0.39 is 0 Å². The van der Waals surface area contributed by atoms with Crippen LogP contribution < -0.4 is 16.0 Å². The van der Waals surface area contributed by atoms with Crippen molar-refractivity contribution in [3.63, 3.8) is 0 Å². The molecule has 0 aliphatic heterocycles. The predicted molar refractivity (Wildman–Crippen MR) is 117 cm³/mol. The molecule has 2 fully saturated rings. The van der Waals surface area contributed by atoms with E-state index in [4.69, 9.17) is 0 Å². The highest BCUT2D eigenvalue weighted by atomic mass is 14.9. The standard InChI is InChI=1S/C24H33N3/c1-3-7-19(8-4-1)25-21-11-15-23(16-12-21)27-24-17-13-22(14-18-24)26-20-9-5-2-6-10-20/h11-20,25-27H,1-10H2. The second kappa shape index (κ2) is 9.16. The van der Waals surface area contributed by atoms with Gasteiger partial charge in [0.05, 0.1) is 0 Å². The zero-order chi connectivity index (χ0) is 18.3. The van der Waals surface area contributed by atoms with Gasteiger partial charge in [-0.1, -0.05) is 38.5 Å². The van der Waals surface area contributed by atoms with Crippen LogP contribution >= 0.6 is 0 Å². The van der Waals surface area contributed by atoms with Crippen LogP contribution in [0.1, 0.15) is 64.2 Å². The van der Waals surface area contributed by atoms with E-state index in [1.807, 2.05) is 0 Å². The lowest BCUT2D eigenvalue weighted by molar-refractivity contribution is 0.463. The Hall–Kier alpha value is -2.16. The molecule has 0 radical (unpaired) electrons. The Morgan fingerprint density at radius 1 is 0.444 bits per heavy atom. The van der Waals surface area contributed by atoms with Crippen LogP contribution in [-0.4, -0.2) is 12.1 Å². The molecule has 2 aliphatic carbocycles. The zero-order valence-corrected chi connectivity index (χ0v) is 16.3. The molecule has 2 aromatic carbocycles. The van der Waals surface area contributed by atoms with Crippen LogP contribution in [0, 0.1) is 0 Å². The van der Waals surface area contributed by atoms with Crippen LogP contribution in [0.2, 0.25) is 0 Å². The van der Waals surface area contributed by atoms with Gasteiger partial charge in [-0.05, 0) is 74.2 Å². The molecule has 144 valence electrons. The third-order valence-corrected chi connectivity index (χ3v) is 6.01. The van der Waals surface area contributed by atoms with Crippen LogP contribution in [0.4, 0.5) is 22.7 Å². The first-order chi connectivity index (χ1) is 13.3. The molecule has 2 aliphatic rings. The average Bonchev–Trinajstić information content (AvgIpc) is 2.73.